The van der Waals surface area contributed by atoms with Crippen LogP contribution in [0.3, 0.4) is 0 Å². The van der Waals surface area contributed by atoms with Gasteiger partial charge < -0.3 is 0 Å². The Bertz CT molecular complexity index is 882. The van der Waals surface area contributed by atoms with Crippen LogP contribution in [0, 0.1) is 12.7 Å². The van der Waals surface area contributed by atoms with Gasteiger partial charge in [0.15, 0.2) is 5.69 Å². The van der Waals surface area contributed by atoms with E-state index in [0.29, 0.717) is 11.3 Å². The van der Waals surface area contributed by atoms with Crippen LogP contribution in [0.2, 0.25) is 0 Å². The lowest BCUT2D eigenvalue weighted by atomic mass is 10.2. The molecule has 0 saturated heterocycles. The van der Waals surface area contributed by atoms with Crippen molar-refractivity contribution in [3.63, 3.8) is 0 Å². The molecule has 0 unspecified atom stereocenters. The Balaban J connectivity index is 1.62. The maximum absolute atomic E-state index is 12.9. The lowest BCUT2D eigenvalue weighted by molar-refractivity contribution is 0.0937. The van der Waals surface area contributed by atoms with Crippen molar-refractivity contribution in [2.24, 2.45) is 0 Å². The number of halogens is 1. The van der Waals surface area contributed by atoms with Gasteiger partial charge in [0.05, 0.1) is 16.3 Å². The molecule has 0 spiro atoms. The molecule has 0 aliphatic carbocycles. The first-order valence-corrected chi connectivity index (χ1v) is 7.98. The van der Waals surface area contributed by atoms with Gasteiger partial charge in [-0.15, -0.1) is 11.3 Å². The van der Waals surface area contributed by atoms with Gasteiger partial charge in [0.2, 0.25) is 0 Å². The summed E-state index contributed by atoms with van der Waals surface area (Å²) in [7, 11) is 0. The van der Waals surface area contributed by atoms with E-state index in [1.807, 2.05) is 19.1 Å². The molecule has 0 saturated carbocycles. The summed E-state index contributed by atoms with van der Waals surface area (Å²) in [6, 6.07) is 11.5. The number of nitrogens with one attached hydrogen (secondary N) is 3. The molecule has 2 heterocycles. The van der Waals surface area contributed by atoms with Crippen LogP contribution in [0.15, 0.2) is 49.0 Å². The van der Waals surface area contributed by atoms with E-state index in [9.17, 15) is 9.18 Å². The number of rotatable bonds is 5. The quantitative estimate of drug-likeness (QED) is 0.622. The third kappa shape index (κ3) is 3.52. The fourth-order valence-corrected chi connectivity index (χ4v) is 2.90. The van der Waals surface area contributed by atoms with Gasteiger partial charge in [0.1, 0.15) is 5.82 Å². The molecule has 5 nitrogen and oxygen atoms in total. The van der Waals surface area contributed by atoms with Crippen LogP contribution < -0.4 is 10.9 Å². The summed E-state index contributed by atoms with van der Waals surface area (Å²) in [6.07, 6.45) is 0. The van der Waals surface area contributed by atoms with Crippen molar-refractivity contribution in [1.82, 2.24) is 21.0 Å². The minimum absolute atomic E-state index is 0.260. The second kappa shape index (κ2) is 6.67. The average molecular weight is 342 g/mol. The van der Waals surface area contributed by atoms with E-state index in [4.69, 9.17) is 0 Å². The molecule has 7 heteroatoms. The monoisotopic (exact) mass is 342 g/mol. The SMILES string of the molecule is C=C(NNC(=O)c1cc(-c2ccc(C)s2)[nH]n1)c1ccc(F)cc1. The number of benzene rings is 1. The fourth-order valence-electron chi connectivity index (χ4n) is 2.06. The smallest absolute Gasteiger partial charge is 0.290 e. The van der Waals surface area contributed by atoms with E-state index in [2.05, 4.69) is 27.6 Å². The molecule has 3 N–H and O–H groups in total. The molecule has 1 amide bonds. The molecule has 0 aliphatic rings. The van der Waals surface area contributed by atoms with Crippen molar-refractivity contribution < 1.29 is 9.18 Å². The van der Waals surface area contributed by atoms with Crippen LogP contribution >= 0.6 is 11.3 Å². The molecule has 122 valence electrons. The summed E-state index contributed by atoms with van der Waals surface area (Å²) in [5, 5.41) is 6.86. The maximum Gasteiger partial charge on any atom is 0.290 e. The molecule has 0 radical (unpaired) electrons. The predicted molar refractivity (Wildman–Crippen MR) is 92.7 cm³/mol. The number of hydrogen-bond donors (Lipinski definition) is 3. The van der Waals surface area contributed by atoms with Gasteiger partial charge in [-0.3, -0.25) is 20.7 Å². The van der Waals surface area contributed by atoms with Gasteiger partial charge in [-0.2, -0.15) is 5.10 Å². The standard InChI is InChI=1S/C17H15FN4OS/c1-10-3-8-16(24-10)14-9-15(21-20-14)17(23)22-19-11(2)12-4-6-13(18)7-5-12/h3-9,19H,2H2,1H3,(H,20,21)(H,22,23). The number of H-pyrrole nitrogens is 1. The number of nitrogens with zero attached hydrogens (tertiary/aromatic N) is 1. The number of carbonyl (C=O) groups is 1. The van der Waals surface area contributed by atoms with E-state index < -0.39 is 5.91 Å². The zero-order valence-electron chi connectivity index (χ0n) is 12.9. The molecular weight excluding hydrogens is 327 g/mol. The van der Waals surface area contributed by atoms with E-state index in [1.54, 1.807) is 29.5 Å². The predicted octanol–water partition coefficient (Wildman–Crippen LogP) is 3.49. The third-order valence-electron chi connectivity index (χ3n) is 3.34. The van der Waals surface area contributed by atoms with Crippen LogP contribution in [0.1, 0.15) is 20.9 Å². The Morgan fingerprint density at radius 2 is 1.96 bits per heavy atom. The normalized spacial score (nSPS) is 10.4. The first-order chi connectivity index (χ1) is 11.5. The van der Waals surface area contributed by atoms with Crippen molar-refractivity contribution in [3.05, 3.63) is 71.0 Å². The van der Waals surface area contributed by atoms with E-state index in [0.717, 1.165) is 10.6 Å². The highest BCUT2D eigenvalue weighted by Crippen LogP contribution is 2.26. The molecule has 0 bridgehead atoms. The molecule has 3 aromatic rings. The zero-order chi connectivity index (χ0) is 17.1. The minimum atomic E-state index is -0.394. The Hall–Kier alpha value is -2.93. The summed E-state index contributed by atoms with van der Waals surface area (Å²) in [5.41, 5.74) is 7.40. The van der Waals surface area contributed by atoms with Crippen LogP contribution in [0.5, 0.6) is 0 Å². The number of aromatic amines is 1. The van der Waals surface area contributed by atoms with Crippen molar-refractivity contribution in [3.8, 4) is 10.6 Å². The van der Waals surface area contributed by atoms with E-state index in [-0.39, 0.29) is 11.5 Å². The van der Waals surface area contributed by atoms with Crippen molar-refractivity contribution in [2.45, 2.75) is 6.92 Å². The molecule has 24 heavy (non-hydrogen) atoms. The van der Waals surface area contributed by atoms with Crippen LogP contribution in [-0.4, -0.2) is 16.1 Å². The van der Waals surface area contributed by atoms with Gasteiger partial charge >= 0.3 is 0 Å². The number of hydrazine groups is 1. The maximum atomic E-state index is 12.9. The number of hydrogen-bond acceptors (Lipinski definition) is 4. The summed E-state index contributed by atoms with van der Waals surface area (Å²) in [4.78, 5) is 14.3. The topological polar surface area (TPSA) is 69.8 Å². The lowest BCUT2D eigenvalue weighted by Gasteiger charge is -2.10. The second-order valence-corrected chi connectivity index (χ2v) is 6.43. The van der Waals surface area contributed by atoms with Gasteiger partial charge in [0, 0.05) is 4.88 Å². The highest BCUT2D eigenvalue weighted by Gasteiger charge is 2.12. The third-order valence-corrected chi connectivity index (χ3v) is 4.37. The summed E-state index contributed by atoms with van der Waals surface area (Å²) in [6.45, 7) is 5.82. The zero-order valence-corrected chi connectivity index (χ0v) is 13.7. The molecule has 0 fully saturated rings. The lowest BCUT2D eigenvalue weighted by Crippen LogP contribution is -2.36. The summed E-state index contributed by atoms with van der Waals surface area (Å²) in [5.74, 6) is -0.725. The fraction of sp³-hybridized carbons (Fsp3) is 0.0588. The van der Waals surface area contributed by atoms with Gasteiger partial charge in [0.25, 0.3) is 5.91 Å². The van der Waals surface area contributed by atoms with Gasteiger partial charge in [-0.1, -0.05) is 6.58 Å². The van der Waals surface area contributed by atoms with E-state index >= 15 is 0 Å². The molecule has 0 aliphatic heterocycles. The van der Waals surface area contributed by atoms with Gasteiger partial charge in [-0.05, 0) is 55.0 Å². The van der Waals surface area contributed by atoms with Crippen molar-refractivity contribution >= 4 is 22.9 Å². The molecule has 2 aromatic heterocycles. The van der Waals surface area contributed by atoms with Crippen molar-refractivity contribution in [1.29, 1.82) is 0 Å². The summed E-state index contributed by atoms with van der Waals surface area (Å²) >= 11 is 1.62. The molecular formula is C17H15FN4OS. The Morgan fingerprint density at radius 1 is 1.21 bits per heavy atom. The van der Waals surface area contributed by atoms with Crippen molar-refractivity contribution in [2.75, 3.05) is 0 Å². The largest absolute Gasteiger partial charge is 0.298 e. The minimum Gasteiger partial charge on any atom is -0.298 e. The van der Waals surface area contributed by atoms with Crippen LogP contribution in [-0.2, 0) is 0 Å². The first-order valence-electron chi connectivity index (χ1n) is 7.16. The Morgan fingerprint density at radius 3 is 2.62 bits per heavy atom. The highest BCUT2D eigenvalue weighted by atomic mass is 32.1. The van der Waals surface area contributed by atoms with Gasteiger partial charge in [-0.25, -0.2) is 4.39 Å². The number of thiophene rings is 1. The summed E-state index contributed by atoms with van der Waals surface area (Å²) < 4.78 is 12.9. The van der Waals surface area contributed by atoms with Crippen LogP contribution in [0.4, 0.5) is 4.39 Å². The molecule has 3 rings (SSSR count). The highest BCUT2D eigenvalue weighted by molar-refractivity contribution is 7.15. The van der Waals surface area contributed by atoms with Crippen LogP contribution in [0.25, 0.3) is 16.3 Å². The Kier molecular flexibility index (Phi) is 4.43. The molecule has 1 aromatic carbocycles. The first kappa shape index (κ1) is 15.9. The van der Waals surface area contributed by atoms with E-state index in [1.165, 1.54) is 17.0 Å². The second-order valence-electron chi connectivity index (χ2n) is 5.14. The average Bonchev–Trinajstić information content (AvgIpc) is 3.22. The number of aryl methyl sites for hydroxylation is 1. The molecule has 0 atom stereocenters. The number of amides is 1. The number of carbonyl (C=O) groups excluding carboxylic acids is 1. The Labute approximate surface area is 142 Å². The number of aromatic nitrogens is 2.